The van der Waals surface area contributed by atoms with Gasteiger partial charge in [0, 0.05) is 32.5 Å². The van der Waals surface area contributed by atoms with Crippen LogP contribution in [0.1, 0.15) is 48.4 Å². The number of ketones is 1. The van der Waals surface area contributed by atoms with Gasteiger partial charge in [-0.25, -0.2) is 4.39 Å². The number of Topliss-reactive ketones (excluding diaryl/α,β-unsaturated/α-hetero) is 1. The average molecular weight is 420 g/mol. The molecule has 4 rings (SSSR count). The first-order chi connectivity index (χ1) is 14.9. The second kappa shape index (κ2) is 8.84. The van der Waals surface area contributed by atoms with Gasteiger partial charge in [-0.1, -0.05) is 36.4 Å². The highest BCUT2D eigenvalue weighted by Gasteiger charge is 2.30. The topological polar surface area (TPSA) is 70.0 Å². The van der Waals surface area contributed by atoms with Crippen molar-refractivity contribution in [3.05, 3.63) is 82.4 Å². The quantitative estimate of drug-likeness (QED) is 0.750. The number of carbonyl (C=O) groups is 2. The average Bonchev–Trinajstić information content (AvgIpc) is 2.75. The van der Waals surface area contributed by atoms with E-state index in [1.807, 2.05) is 18.2 Å². The van der Waals surface area contributed by atoms with Crippen LogP contribution in [0.25, 0.3) is 0 Å². The van der Waals surface area contributed by atoms with Crippen molar-refractivity contribution in [2.75, 3.05) is 13.1 Å². The van der Waals surface area contributed by atoms with Gasteiger partial charge in [-0.2, -0.15) is 0 Å². The lowest BCUT2D eigenvalue weighted by Crippen LogP contribution is -2.40. The Morgan fingerprint density at radius 2 is 1.94 bits per heavy atom. The second-order valence-corrected chi connectivity index (χ2v) is 8.11. The molecule has 160 valence electrons. The number of aliphatic imine (C=N–C) groups is 1. The van der Waals surface area contributed by atoms with Crippen molar-refractivity contribution in [3.8, 4) is 0 Å². The molecule has 0 saturated carbocycles. The molecule has 2 atom stereocenters. The molecule has 2 aromatic rings. The summed E-state index contributed by atoms with van der Waals surface area (Å²) in [5.41, 5.74) is 3.33. The van der Waals surface area contributed by atoms with Gasteiger partial charge in [0.2, 0.25) is 5.91 Å². The number of allylic oxidation sites excluding steroid dienone is 2. The highest BCUT2D eigenvalue weighted by atomic mass is 19.1. The Labute approximate surface area is 180 Å². The normalized spacial score (nSPS) is 21.5. The standard InChI is InChI=1S/C25H25FN2O3/c1-16(29)28-11-10-18-4-2-3-5-21(18)23(28)15-27-14-22-24(30)12-19(13-25(22)31)17-6-8-20(26)9-7-17/h2-9,14,19,23,30H,10-13,15H2,1H3. The molecule has 5 nitrogen and oxygen atoms in total. The van der Waals surface area contributed by atoms with Crippen LogP contribution in [0.2, 0.25) is 0 Å². The summed E-state index contributed by atoms with van der Waals surface area (Å²) in [7, 11) is 0. The van der Waals surface area contributed by atoms with Gasteiger partial charge < -0.3 is 10.0 Å². The fourth-order valence-corrected chi connectivity index (χ4v) is 4.50. The molecule has 0 spiro atoms. The summed E-state index contributed by atoms with van der Waals surface area (Å²) in [4.78, 5) is 31.0. The minimum Gasteiger partial charge on any atom is -0.511 e. The van der Waals surface area contributed by atoms with Crippen molar-refractivity contribution in [2.45, 2.75) is 38.1 Å². The summed E-state index contributed by atoms with van der Waals surface area (Å²) in [6, 6.07) is 13.9. The molecule has 2 aromatic carbocycles. The molecule has 1 aliphatic carbocycles. The van der Waals surface area contributed by atoms with Crippen LogP contribution in [0.3, 0.4) is 0 Å². The molecule has 1 aliphatic heterocycles. The third-order valence-corrected chi connectivity index (χ3v) is 6.14. The van der Waals surface area contributed by atoms with Crippen LogP contribution in [-0.2, 0) is 16.0 Å². The minimum absolute atomic E-state index is 0.00166. The largest absolute Gasteiger partial charge is 0.511 e. The van der Waals surface area contributed by atoms with E-state index in [1.165, 1.54) is 23.9 Å². The molecule has 2 unspecified atom stereocenters. The number of hydrogen-bond donors (Lipinski definition) is 1. The first-order valence-electron chi connectivity index (χ1n) is 10.5. The summed E-state index contributed by atoms with van der Waals surface area (Å²) < 4.78 is 13.2. The number of halogens is 1. The number of carbonyl (C=O) groups excluding carboxylic acids is 2. The molecule has 0 saturated heterocycles. The molecule has 31 heavy (non-hydrogen) atoms. The van der Waals surface area contributed by atoms with E-state index in [-0.39, 0.29) is 47.2 Å². The summed E-state index contributed by atoms with van der Waals surface area (Å²) in [5, 5.41) is 10.5. The monoisotopic (exact) mass is 420 g/mol. The lowest BCUT2D eigenvalue weighted by atomic mass is 9.83. The lowest BCUT2D eigenvalue weighted by Gasteiger charge is -2.36. The summed E-state index contributed by atoms with van der Waals surface area (Å²) in [6.07, 6.45) is 2.80. The number of amides is 1. The van der Waals surface area contributed by atoms with Crippen LogP contribution in [-0.4, -0.2) is 41.0 Å². The van der Waals surface area contributed by atoms with Crippen LogP contribution >= 0.6 is 0 Å². The Kier molecular flexibility index (Phi) is 5.98. The molecule has 1 amide bonds. The van der Waals surface area contributed by atoms with E-state index in [4.69, 9.17) is 0 Å². The van der Waals surface area contributed by atoms with Gasteiger partial charge in [0.05, 0.1) is 18.2 Å². The smallest absolute Gasteiger partial charge is 0.220 e. The van der Waals surface area contributed by atoms with E-state index in [0.717, 1.165) is 17.5 Å². The number of benzene rings is 2. The molecule has 2 aliphatic rings. The summed E-state index contributed by atoms with van der Waals surface area (Å²) in [6.45, 7) is 2.51. The summed E-state index contributed by atoms with van der Waals surface area (Å²) >= 11 is 0. The van der Waals surface area contributed by atoms with Gasteiger partial charge >= 0.3 is 0 Å². The maximum atomic E-state index is 13.2. The fraction of sp³-hybridized carbons (Fsp3) is 0.320. The molecule has 0 fully saturated rings. The molecular weight excluding hydrogens is 395 g/mol. The van der Waals surface area contributed by atoms with Gasteiger partial charge in [0.25, 0.3) is 0 Å². The van der Waals surface area contributed by atoms with Gasteiger partial charge in [-0.3, -0.25) is 14.6 Å². The Morgan fingerprint density at radius 3 is 2.65 bits per heavy atom. The van der Waals surface area contributed by atoms with Crippen molar-refractivity contribution in [3.63, 3.8) is 0 Å². The third kappa shape index (κ3) is 4.43. The van der Waals surface area contributed by atoms with Crippen LogP contribution < -0.4 is 0 Å². The molecule has 1 N–H and O–H groups in total. The third-order valence-electron chi connectivity index (χ3n) is 6.14. The minimum atomic E-state index is -0.331. The predicted octanol–water partition coefficient (Wildman–Crippen LogP) is 4.30. The van der Waals surface area contributed by atoms with E-state index in [2.05, 4.69) is 11.1 Å². The van der Waals surface area contributed by atoms with Gasteiger partial charge in [-0.15, -0.1) is 0 Å². The van der Waals surface area contributed by atoms with E-state index < -0.39 is 0 Å². The number of fused-ring (bicyclic) bond motifs is 1. The molecular formula is C25H25FN2O3. The van der Waals surface area contributed by atoms with Crippen molar-refractivity contribution in [1.82, 2.24) is 4.90 Å². The number of aliphatic hydroxyl groups excluding tert-OH is 1. The number of rotatable bonds is 4. The molecule has 0 bridgehead atoms. The zero-order valence-electron chi connectivity index (χ0n) is 17.4. The van der Waals surface area contributed by atoms with Crippen LogP contribution in [0, 0.1) is 5.82 Å². The zero-order valence-corrected chi connectivity index (χ0v) is 17.4. The zero-order chi connectivity index (χ0) is 22.0. The Morgan fingerprint density at radius 1 is 1.19 bits per heavy atom. The number of aliphatic hydroxyl groups is 1. The Hall–Kier alpha value is -3.28. The van der Waals surface area contributed by atoms with Crippen LogP contribution in [0.15, 0.2) is 64.9 Å². The van der Waals surface area contributed by atoms with Crippen molar-refractivity contribution >= 4 is 17.9 Å². The van der Waals surface area contributed by atoms with Gasteiger partial charge in [0.15, 0.2) is 5.78 Å². The lowest BCUT2D eigenvalue weighted by molar-refractivity contribution is -0.131. The fourth-order valence-electron chi connectivity index (χ4n) is 4.50. The summed E-state index contributed by atoms with van der Waals surface area (Å²) in [5.74, 6) is -0.699. The molecule has 6 heteroatoms. The molecule has 1 heterocycles. The first-order valence-corrected chi connectivity index (χ1v) is 10.5. The highest BCUT2D eigenvalue weighted by Crippen LogP contribution is 2.34. The number of nitrogens with zero attached hydrogens (tertiary/aromatic N) is 2. The first kappa shape index (κ1) is 21.0. The van der Waals surface area contributed by atoms with E-state index in [0.29, 0.717) is 19.5 Å². The SMILES string of the molecule is CC(=O)N1CCc2ccccc2C1CN=CC1=C(O)CC(c2ccc(F)cc2)CC1=O. The maximum absolute atomic E-state index is 13.2. The predicted molar refractivity (Wildman–Crippen MR) is 117 cm³/mol. The van der Waals surface area contributed by atoms with E-state index in [9.17, 15) is 19.1 Å². The Bertz CT molecular complexity index is 1060. The van der Waals surface area contributed by atoms with E-state index in [1.54, 1.807) is 24.0 Å². The Balaban J connectivity index is 1.51. The second-order valence-electron chi connectivity index (χ2n) is 8.11. The van der Waals surface area contributed by atoms with Crippen molar-refractivity contribution in [1.29, 1.82) is 0 Å². The van der Waals surface area contributed by atoms with Crippen LogP contribution in [0.5, 0.6) is 0 Å². The highest BCUT2D eigenvalue weighted by molar-refractivity contribution is 6.14. The molecule has 0 aromatic heterocycles. The maximum Gasteiger partial charge on any atom is 0.220 e. The number of hydrogen-bond acceptors (Lipinski definition) is 4. The van der Waals surface area contributed by atoms with Gasteiger partial charge in [0.1, 0.15) is 11.6 Å². The van der Waals surface area contributed by atoms with Gasteiger partial charge in [-0.05, 0) is 41.2 Å². The van der Waals surface area contributed by atoms with E-state index >= 15 is 0 Å². The van der Waals surface area contributed by atoms with Crippen molar-refractivity contribution in [2.24, 2.45) is 4.99 Å². The van der Waals surface area contributed by atoms with Crippen LogP contribution in [0.4, 0.5) is 4.39 Å². The van der Waals surface area contributed by atoms with Crippen molar-refractivity contribution < 1.29 is 19.1 Å². The molecule has 0 radical (unpaired) electrons.